The van der Waals surface area contributed by atoms with Crippen LogP contribution in [0.15, 0.2) is 22.8 Å². The van der Waals surface area contributed by atoms with E-state index in [-0.39, 0.29) is 0 Å². The monoisotopic (exact) mass is 176 g/mol. The van der Waals surface area contributed by atoms with E-state index in [1.165, 1.54) is 0 Å². The Hall–Kier alpha value is -1.44. The van der Waals surface area contributed by atoms with Crippen molar-refractivity contribution in [1.82, 2.24) is 0 Å². The van der Waals surface area contributed by atoms with Crippen LogP contribution >= 0.6 is 0 Å². The van der Waals surface area contributed by atoms with Gasteiger partial charge in [-0.05, 0) is 37.1 Å². The quantitative estimate of drug-likeness (QED) is 0.666. The van der Waals surface area contributed by atoms with E-state index >= 15 is 0 Å². The number of benzene rings is 1. The molecule has 0 saturated heterocycles. The van der Waals surface area contributed by atoms with Gasteiger partial charge in [0.15, 0.2) is 0 Å². The molecule has 0 aliphatic heterocycles. The Kier molecular flexibility index (Phi) is 1.76. The molecule has 0 fully saturated rings. The molecule has 1 aromatic heterocycles. The van der Waals surface area contributed by atoms with Crippen LogP contribution in [0.25, 0.3) is 11.0 Å². The van der Waals surface area contributed by atoms with Gasteiger partial charge in [0.05, 0.1) is 18.8 Å². The average Bonchev–Trinajstić information content (AvgIpc) is 2.53. The number of hydrogen-bond donors (Lipinski definition) is 0. The molecule has 0 bridgehead atoms. The van der Waals surface area contributed by atoms with Crippen LogP contribution in [0.2, 0.25) is 0 Å². The third-order valence-corrected chi connectivity index (χ3v) is 2.26. The highest BCUT2D eigenvalue weighted by molar-refractivity contribution is 5.87. The molecular formula is C11H12O2. The minimum absolute atomic E-state index is 0.911. The van der Waals surface area contributed by atoms with Crippen LogP contribution in [0.1, 0.15) is 11.1 Å². The molecule has 68 valence electrons. The highest BCUT2D eigenvalue weighted by Crippen LogP contribution is 2.32. The number of rotatable bonds is 1. The number of ether oxygens (including phenoxy) is 1. The van der Waals surface area contributed by atoms with Gasteiger partial charge < -0.3 is 9.15 Å². The summed E-state index contributed by atoms with van der Waals surface area (Å²) >= 11 is 0. The van der Waals surface area contributed by atoms with Gasteiger partial charge in [0.1, 0.15) is 11.3 Å². The summed E-state index contributed by atoms with van der Waals surface area (Å²) in [5, 5.41) is 1.06. The molecule has 2 aromatic rings. The summed E-state index contributed by atoms with van der Waals surface area (Å²) in [4.78, 5) is 0. The summed E-state index contributed by atoms with van der Waals surface area (Å²) in [6.07, 6.45) is 1.69. The molecule has 0 aliphatic carbocycles. The van der Waals surface area contributed by atoms with Gasteiger partial charge in [-0.3, -0.25) is 0 Å². The molecule has 0 unspecified atom stereocenters. The summed E-state index contributed by atoms with van der Waals surface area (Å²) < 4.78 is 10.7. The maximum atomic E-state index is 5.37. The second kappa shape index (κ2) is 2.80. The number of methoxy groups -OCH3 is 1. The van der Waals surface area contributed by atoms with Crippen LogP contribution in [-0.2, 0) is 0 Å². The summed E-state index contributed by atoms with van der Waals surface area (Å²) in [6, 6.07) is 4.01. The van der Waals surface area contributed by atoms with Gasteiger partial charge in [-0.25, -0.2) is 0 Å². The Balaban J connectivity index is 2.88. The van der Waals surface area contributed by atoms with Gasteiger partial charge in [0.25, 0.3) is 0 Å². The van der Waals surface area contributed by atoms with Crippen LogP contribution < -0.4 is 4.74 Å². The predicted molar refractivity (Wildman–Crippen MR) is 52.2 cm³/mol. The Morgan fingerprint density at radius 3 is 2.69 bits per heavy atom. The first-order valence-electron chi connectivity index (χ1n) is 4.25. The molecule has 0 N–H and O–H groups in total. The summed E-state index contributed by atoms with van der Waals surface area (Å²) in [5.74, 6) is 0.911. The van der Waals surface area contributed by atoms with Crippen LogP contribution in [0.4, 0.5) is 0 Å². The summed E-state index contributed by atoms with van der Waals surface area (Å²) in [5.41, 5.74) is 3.22. The maximum absolute atomic E-state index is 5.37. The highest BCUT2D eigenvalue weighted by Gasteiger charge is 2.09. The first-order chi connectivity index (χ1) is 6.24. The van der Waals surface area contributed by atoms with E-state index in [1.807, 2.05) is 19.9 Å². The van der Waals surface area contributed by atoms with Crippen molar-refractivity contribution in [1.29, 1.82) is 0 Å². The largest absolute Gasteiger partial charge is 0.496 e. The molecule has 0 radical (unpaired) electrons. The van der Waals surface area contributed by atoms with Crippen LogP contribution in [0.5, 0.6) is 5.75 Å². The molecule has 0 saturated carbocycles. The van der Waals surface area contributed by atoms with Crippen molar-refractivity contribution in [2.75, 3.05) is 7.11 Å². The third-order valence-electron chi connectivity index (χ3n) is 2.26. The van der Waals surface area contributed by atoms with Gasteiger partial charge >= 0.3 is 0 Å². The Bertz CT molecular complexity index is 441. The van der Waals surface area contributed by atoms with Crippen LogP contribution in [0, 0.1) is 13.8 Å². The predicted octanol–water partition coefficient (Wildman–Crippen LogP) is 3.06. The second-order valence-electron chi connectivity index (χ2n) is 3.21. The first kappa shape index (κ1) is 8.17. The van der Waals surface area contributed by atoms with Crippen molar-refractivity contribution in [2.24, 2.45) is 0 Å². The van der Waals surface area contributed by atoms with E-state index in [4.69, 9.17) is 9.15 Å². The molecule has 0 amide bonds. The first-order valence-corrected chi connectivity index (χ1v) is 4.25. The standard InChI is InChI=1S/C11H12O2/c1-7-6-8(2)11-9(4-5-13-11)10(7)12-3/h4-6H,1-3H3. The van der Waals surface area contributed by atoms with Gasteiger partial charge in [0, 0.05) is 0 Å². The van der Waals surface area contributed by atoms with E-state index in [1.54, 1.807) is 13.4 Å². The molecule has 2 nitrogen and oxygen atoms in total. The number of aryl methyl sites for hydroxylation is 2. The zero-order chi connectivity index (χ0) is 9.42. The smallest absolute Gasteiger partial charge is 0.140 e. The lowest BCUT2D eigenvalue weighted by Crippen LogP contribution is -1.88. The fourth-order valence-electron chi connectivity index (χ4n) is 1.73. The van der Waals surface area contributed by atoms with Gasteiger partial charge in [-0.15, -0.1) is 0 Å². The molecule has 2 heteroatoms. The Morgan fingerprint density at radius 1 is 1.23 bits per heavy atom. The number of furan rings is 1. The van der Waals surface area contributed by atoms with Crippen molar-refractivity contribution in [3.05, 3.63) is 29.5 Å². The number of fused-ring (bicyclic) bond motifs is 1. The minimum atomic E-state index is 0.911. The lowest BCUT2D eigenvalue weighted by Gasteiger charge is -2.06. The molecule has 0 atom stereocenters. The molecule has 2 rings (SSSR count). The van der Waals surface area contributed by atoms with Crippen molar-refractivity contribution in [3.63, 3.8) is 0 Å². The van der Waals surface area contributed by atoms with E-state index < -0.39 is 0 Å². The zero-order valence-electron chi connectivity index (χ0n) is 8.05. The van der Waals surface area contributed by atoms with E-state index in [0.717, 1.165) is 27.8 Å². The second-order valence-corrected chi connectivity index (χ2v) is 3.21. The minimum Gasteiger partial charge on any atom is -0.496 e. The highest BCUT2D eigenvalue weighted by atomic mass is 16.5. The van der Waals surface area contributed by atoms with E-state index in [9.17, 15) is 0 Å². The molecule has 0 aliphatic rings. The number of hydrogen-bond acceptors (Lipinski definition) is 2. The van der Waals surface area contributed by atoms with Crippen molar-refractivity contribution in [2.45, 2.75) is 13.8 Å². The van der Waals surface area contributed by atoms with E-state index in [0.29, 0.717) is 0 Å². The zero-order valence-corrected chi connectivity index (χ0v) is 8.05. The Morgan fingerprint density at radius 2 is 2.00 bits per heavy atom. The molecule has 1 heterocycles. The van der Waals surface area contributed by atoms with Crippen LogP contribution in [-0.4, -0.2) is 7.11 Å². The summed E-state index contributed by atoms with van der Waals surface area (Å²) in [7, 11) is 1.68. The van der Waals surface area contributed by atoms with E-state index in [2.05, 4.69) is 6.07 Å². The molecular weight excluding hydrogens is 164 g/mol. The van der Waals surface area contributed by atoms with Crippen LogP contribution in [0.3, 0.4) is 0 Å². The van der Waals surface area contributed by atoms with Crippen molar-refractivity contribution < 1.29 is 9.15 Å². The Labute approximate surface area is 77.1 Å². The van der Waals surface area contributed by atoms with Gasteiger partial charge in [-0.1, -0.05) is 0 Å². The lowest BCUT2D eigenvalue weighted by atomic mass is 10.1. The van der Waals surface area contributed by atoms with Gasteiger partial charge in [0.2, 0.25) is 0 Å². The lowest BCUT2D eigenvalue weighted by molar-refractivity contribution is 0.416. The molecule has 13 heavy (non-hydrogen) atoms. The fraction of sp³-hybridized carbons (Fsp3) is 0.273. The normalized spacial score (nSPS) is 10.7. The molecule has 1 aromatic carbocycles. The SMILES string of the molecule is COc1c(C)cc(C)c2occc12. The fourth-order valence-corrected chi connectivity index (χ4v) is 1.73. The van der Waals surface area contributed by atoms with Crippen molar-refractivity contribution >= 4 is 11.0 Å². The third kappa shape index (κ3) is 1.10. The van der Waals surface area contributed by atoms with Gasteiger partial charge in [-0.2, -0.15) is 0 Å². The van der Waals surface area contributed by atoms with Crippen molar-refractivity contribution in [3.8, 4) is 5.75 Å². The molecule has 0 spiro atoms. The summed E-state index contributed by atoms with van der Waals surface area (Å²) in [6.45, 7) is 4.08. The maximum Gasteiger partial charge on any atom is 0.140 e. The topological polar surface area (TPSA) is 22.4 Å². The average molecular weight is 176 g/mol.